The van der Waals surface area contributed by atoms with Crippen molar-refractivity contribution < 1.29 is 9.53 Å². The van der Waals surface area contributed by atoms with Gasteiger partial charge in [-0.3, -0.25) is 9.36 Å². The van der Waals surface area contributed by atoms with Crippen LogP contribution in [0, 0.1) is 8.99 Å². The van der Waals surface area contributed by atoms with E-state index in [0.717, 1.165) is 25.9 Å². The summed E-state index contributed by atoms with van der Waals surface area (Å²) in [4.78, 5) is 29.7. The maximum Gasteiger partial charge on any atom is 0.406 e. The number of carbonyl (C=O) groups excluding carboxylic acids is 1. The monoisotopic (exact) mass is 420 g/mol. The number of anilines is 1. The number of hydrogen-bond donors (Lipinski definition) is 1. The molecule has 0 saturated carbocycles. The van der Waals surface area contributed by atoms with Crippen molar-refractivity contribution >= 4 is 34.6 Å². The Balaban J connectivity index is 2.02. The van der Waals surface area contributed by atoms with E-state index in [-0.39, 0.29) is 11.0 Å². The molecule has 1 fully saturated rings. The Labute approximate surface area is 143 Å². The van der Waals surface area contributed by atoms with E-state index in [2.05, 4.69) is 26.9 Å². The number of nitrogens with one attached hydrogen (secondary N) is 1. The molecule has 1 aromatic rings. The average molecular weight is 420 g/mol. The molecule has 0 aliphatic carbocycles. The van der Waals surface area contributed by atoms with Crippen molar-refractivity contribution in [2.45, 2.75) is 19.8 Å². The standard InChI is InChI=1S/C14H21IN4O3/c1-14(9-17-13(21)22-3)4-6-19(7-5-14)12-16-8-10(15)11(20)18(12)2/h8H,4-7,9H2,1-3H3,(H,17,21). The van der Waals surface area contributed by atoms with Crippen molar-refractivity contribution in [1.82, 2.24) is 14.9 Å². The van der Waals surface area contributed by atoms with Crippen LogP contribution in [0.4, 0.5) is 10.7 Å². The van der Waals surface area contributed by atoms with Crippen LogP contribution in [0.2, 0.25) is 0 Å². The van der Waals surface area contributed by atoms with Crippen LogP contribution in [0.1, 0.15) is 19.8 Å². The Morgan fingerprint density at radius 1 is 1.50 bits per heavy atom. The van der Waals surface area contributed by atoms with Gasteiger partial charge in [0.05, 0.1) is 10.7 Å². The van der Waals surface area contributed by atoms with E-state index in [0.29, 0.717) is 16.1 Å². The second-order valence-corrected chi connectivity index (χ2v) is 7.08. The minimum atomic E-state index is -0.398. The maximum absolute atomic E-state index is 12.0. The van der Waals surface area contributed by atoms with Crippen LogP contribution in [0.5, 0.6) is 0 Å². The maximum atomic E-state index is 12.0. The second kappa shape index (κ2) is 6.84. The number of aromatic nitrogens is 2. The van der Waals surface area contributed by atoms with E-state index >= 15 is 0 Å². The SMILES string of the molecule is COC(=O)NCC1(C)CCN(c2ncc(I)c(=O)n2C)CC1. The molecule has 0 bridgehead atoms. The number of amides is 1. The van der Waals surface area contributed by atoms with Crippen molar-refractivity contribution in [3.05, 3.63) is 20.1 Å². The van der Waals surface area contributed by atoms with Gasteiger partial charge >= 0.3 is 6.09 Å². The normalized spacial score (nSPS) is 17.2. The number of rotatable bonds is 3. The molecule has 0 radical (unpaired) electrons. The first-order chi connectivity index (χ1) is 10.4. The Hall–Kier alpha value is -1.32. The van der Waals surface area contributed by atoms with Crippen molar-refractivity contribution in [1.29, 1.82) is 0 Å². The Kier molecular flexibility index (Phi) is 5.30. The molecular formula is C14H21IN4O3. The third-order valence-electron chi connectivity index (χ3n) is 4.20. The second-order valence-electron chi connectivity index (χ2n) is 5.91. The fourth-order valence-corrected chi connectivity index (χ4v) is 3.08. The van der Waals surface area contributed by atoms with Gasteiger partial charge in [-0.15, -0.1) is 0 Å². The summed E-state index contributed by atoms with van der Waals surface area (Å²) in [7, 11) is 3.11. The third kappa shape index (κ3) is 3.71. The first-order valence-corrected chi connectivity index (χ1v) is 8.22. The lowest BCUT2D eigenvalue weighted by Crippen LogP contribution is -2.46. The molecular weight excluding hydrogens is 399 g/mol. The zero-order chi connectivity index (χ0) is 16.3. The molecule has 1 N–H and O–H groups in total. The van der Waals surface area contributed by atoms with Crippen LogP contribution in [0.15, 0.2) is 11.0 Å². The fraction of sp³-hybridized carbons (Fsp3) is 0.643. The summed E-state index contributed by atoms with van der Waals surface area (Å²) in [6, 6.07) is 0. The highest BCUT2D eigenvalue weighted by Gasteiger charge is 2.31. The van der Waals surface area contributed by atoms with Gasteiger partial charge in [-0.05, 0) is 40.8 Å². The largest absolute Gasteiger partial charge is 0.453 e. The average Bonchev–Trinajstić information content (AvgIpc) is 2.52. The summed E-state index contributed by atoms with van der Waals surface area (Å²) in [6.45, 7) is 4.35. The number of methoxy groups -OCH3 is 1. The van der Waals surface area contributed by atoms with Gasteiger partial charge in [0.2, 0.25) is 5.95 Å². The number of hydrogen-bond acceptors (Lipinski definition) is 5. The van der Waals surface area contributed by atoms with Crippen molar-refractivity contribution in [2.75, 3.05) is 31.6 Å². The summed E-state index contributed by atoms with van der Waals surface area (Å²) in [5, 5.41) is 2.77. The highest BCUT2D eigenvalue weighted by atomic mass is 127. The van der Waals surface area contributed by atoms with E-state index < -0.39 is 6.09 Å². The molecule has 0 atom stereocenters. The number of alkyl carbamates (subject to hydrolysis) is 1. The topological polar surface area (TPSA) is 76.5 Å². The molecule has 1 aromatic heterocycles. The predicted molar refractivity (Wildman–Crippen MR) is 92.2 cm³/mol. The summed E-state index contributed by atoms with van der Waals surface area (Å²) in [5.41, 5.74) is 0.0125. The van der Waals surface area contributed by atoms with Crippen molar-refractivity contribution in [2.24, 2.45) is 12.5 Å². The van der Waals surface area contributed by atoms with Gasteiger partial charge in [-0.25, -0.2) is 9.78 Å². The van der Waals surface area contributed by atoms with E-state index in [9.17, 15) is 9.59 Å². The quantitative estimate of drug-likeness (QED) is 0.748. The Bertz CT molecular complexity index is 609. The first kappa shape index (κ1) is 17.0. The third-order valence-corrected chi connectivity index (χ3v) is 4.94. The molecule has 1 aliphatic heterocycles. The molecule has 2 rings (SSSR count). The first-order valence-electron chi connectivity index (χ1n) is 7.14. The summed E-state index contributed by atoms with van der Waals surface area (Å²) < 4.78 is 6.82. The van der Waals surface area contributed by atoms with Crippen LogP contribution in [-0.4, -0.2) is 42.4 Å². The zero-order valence-electron chi connectivity index (χ0n) is 13.1. The van der Waals surface area contributed by atoms with Crippen LogP contribution in [-0.2, 0) is 11.8 Å². The fourth-order valence-electron chi connectivity index (χ4n) is 2.58. The molecule has 8 heteroatoms. The Morgan fingerprint density at radius 3 is 2.73 bits per heavy atom. The lowest BCUT2D eigenvalue weighted by molar-refractivity contribution is 0.158. The summed E-state index contributed by atoms with van der Waals surface area (Å²) >= 11 is 2.00. The Morgan fingerprint density at radius 2 is 2.14 bits per heavy atom. The van der Waals surface area contributed by atoms with Gasteiger partial charge in [0, 0.05) is 32.9 Å². The number of piperidine rings is 1. The van der Waals surface area contributed by atoms with E-state index in [1.165, 1.54) is 7.11 Å². The van der Waals surface area contributed by atoms with Crippen LogP contribution >= 0.6 is 22.6 Å². The molecule has 7 nitrogen and oxygen atoms in total. The molecule has 1 amide bonds. The lowest BCUT2D eigenvalue weighted by Gasteiger charge is -2.40. The van der Waals surface area contributed by atoms with Crippen molar-refractivity contribution in [3.8, 4) is 0 Å². The minimum Gasteiger partial charge on any atom is -0.453 e. The lowest BCUT2D eigenvalue weighted by atomic mass is 9.80. The number of carbonyl (C=O) groups is 1. The summed E-state index contributed by atoms with van der Waals surface area (Å²) in [6.07, 6.45) is 3.05. The molecule has 1 saturated heterocycles. The van der Waals surface area contributed by atoms with Gasteiger partial charge < -0.3 is 15.0 Å². The van der Waals surface area contributed by atoms with Gasteiger partial charge in [-0.1, -0.05) is 6.92 Å². The molecule has 1 aliphatic rings. The zero-order valence-corrected chi connectivity index (χ0v) is 15.2. The number of halogens is 1. The van der Waals surface area contributed by atoms with Crippen LogP contribution in [0.25, 0.3) is 0 Å². The van der Waals surface area contributed by atoms with Gasteiger partial charge in [0.25, 0.3) is 5.56 Å². The number of ether oxygens (including phenoxy) is 1. The van der Waals surface area contributed by atoms with E-state index in [4.69, 9.17) is 0 Å². The van der Waals surface area contributed by atoms with E-state index in [1.54, 1.807) is 17.8 Å². The van der Waals surface area contributed by atoms with Gasteiger partial charge in [0.1, 0.15) is 0 Å². The predicted octanol–water partition coefficient (Wildman–Crippen LogP) is 1.35. The van der Waals surface area contributed by atoms with Crippen LogP contribution < -0.4 is 15.8 Å². The van der Waals surface area contributed by atoms with Gasteiger partial charge in [-0.2, -0.15) is 0 Å². The smallest absolute Gasteiger partial charge is 0.406 e. The van der Waals surface area contributed by atoms with Gasteiger partial charge in [0.15, 0.2) is 0 Å². The number of nitrogens with zero attached hydrogens (tertiary/aromatic N) is 3. The highest BCUT2D eigenvalue weighted by molar-refractivity contribution is 14.1. The molecule has 0 aromatic carbocycles. The summed E-state index contributed by atoms with van der Waals surface area (Å²) in [5.74, 6) is 0.702. The van der Waals surface area contributed by atoms with E-state index in [1.807, 2.05) is 22.6 Å². The minimum absolute atomic E-state index is 0.0220. The van der Waals surface area contributed by atoms with Crippen LogP contribution in [0.3, 0.4) is 0 Å². The molecule has 0 spiro atoms. The molecule has 122 valence electrons. The molecule has 2 heterocycles. The molecule has 0 unspecified atom stereocenters. The molecule has 22 heavy (non-hydrogen) atoms. The highest BCUT2D eigenvalue weighted by Crippen LogP contribution is 2.31. The van der Waals surface area contributed by atoms with Crippen molar-refractivity contribution in [3.63, 3.8) is 0 Å².